The SMILES string of the molecule is CC[C@H](C)[C@H](NC(=O)[C@H](CC(C)C)NC(=O)[C@H](CC(C)C)NC(=O)OCc1ccccc1)C(=O)O. The van der Waals surface area contributed by atoms with Crippen molar-refractivity contribution in [3.63, 3.8) is 0 Å². The van der Waals surface area contributed by atoms with Crippen molar-refractivity contribution in [1.82, 2.24) is 16.0 Å². The average molecular weight is 492 g/mol. The zero-order valence-corrected chi connectivity index (χ0v) is 21.7. The summed E-state index contributed by atoms with van der Waals surface area (Å²) < 4.78 is 5.25. The monoisotopic (exact) mass is 491 g/mol. The Labute approximate surface area is 208 Å². The first kappa shape index (κ1) is 29.9. The Morgan fingerprint density at radius 1 is 0.829 bits per heavy atom. The number of hydrogen-bond donors (Lipinski definition) is 4. The molecule has 4 atom stereocenters. The van der Waals surface area contributed by atoms with Crippen LogP contribution in [0.3, 0.4) is 0 Å². The van der Waals surface area contributed by atoms with Crippen molar-refractivity contribution < 1.29 is 29.0 Å². The second kappa shape index (κ2) is 15.0. The third-order valence-electron chi connectivity index (χ3n) is 5.65. The third-order valence-corrected chi connectivity index (χ3v) is 5.65. The smallest absolute Gasteiger partial charge is 0.408 e. The largest absolute Gasteiger partial charge is 0.480 e. The van der Waals surface area contributed by atoms with Gasteiger partial charge in [-0.1, -0.05) is 78.3 Å². The molecule has 0 aromatic heterocycles. The molecule has 0 heterocycles. The molecule has 1 rings (SSSR count). The number of carboxylic acids is 1. The molecule has 0 aliphatic heterocycles. The van der Waals surface area contributed by atoms with Crippen LogP contribution in [0.2, 0.25) is 0 Å². The van der Waals surface area contributed by atoms with Gasteiger partial charge in [0, 0.05) is 0 Å². The van der Waals surface area contributed by atoms with Gasteiger partial charge in [-0.25, -0.2) is 9.59 Å². The van der Waals surface area contributed by atoms with Crippen LogP contribution in [0.4, 0.5) is 4.79 Å². The van der Waals surface area contributed by atoms with Gasteiger partial charge in [0.2, 0.25) is 11.8 Å². The van der Waals surface area contributed by atoms with Crippen LogP contribution in [-0.4, -0.2) is 47.1 Å². The van der Waals surface area contributed by atoms with Crippen molar-refractivity contribution in [2.24, 2.45) is 17.8 Å². The fraction of sp³-hybridized carbons (Fsp3) is 0.615. The van der Waals surface area contributed by atoms with Gasteiger partial charge in [0.15, 0.2) is 0 Å². The molecule has 9 heteroatoms. The Morgan fingerprint density at radius 2 is 1.34 bits per heavy atom. The lowest BCUT2D eigenvalue weighted by molar-refractivity contribution is -0.143. The minimum Gasteiger partial charge on any atom is -0.480 e. The molecule has 35 heavy (non-hydrogen) atoms. The van der Waals surface area contributed by atoms with Gasteiger partial charge in [-0.15, -0.1) is 0 Å². The molecule has 0 saturated carbocycles. The van der Waals surface area contributed by atoms with E-state index in [4.69, 9.17) is 4.74 Å². The minimum atomic E-state index is -1.12. The molecular weight excluding hydrogens is 450 g/mol. The Morgan fingerprint density at radius 3 is 1.83 bits per heavy atom. The van der Waals surface area contributed by atoms with E-state index in [2.05, 4.69) is 16.0 Å². The van der Waals surface area contributed by atoms with Gasteiger partial charge in [-0.05, 0) is 36.2 Å². The first-order valence-corrected chi connectivity index (χ1v) is 12.2. The molecule has 0 aliphatic carbocycles. The van der Waals surface area contributed by atoms with Crippen LogP contribution in [0, 0.1) is 17.8 Å². The maximum atomic E-state index is 13.1. The maximum absolute atomic E-state index is 13.1. The second-order valence-electron chi connectivity index (χ2n) is 9.79. The number of alkyl carbamates (subject to hydrolysis) is 1. The molecule has 0 spiro atoms. The van der Waals surface area contributed by atoms with E-state index < -0.39 is 42.0 Å². The molecule has 0 radical (unpaired) electrons. The van der Waals surface area contributed by atoms with E-state index in [1.165, 1.54) is 0 Å². The molecule has 1 aromatic rings. The van der Waals surface area contributed by atoms with E-state index in [9.17, 15) is 24.3 Å². The van der Waals surface area contributed by atoms with E-state index in [1.54, 1.807) is 6.92 Å². The van der Waals surface area contributed by atoms with Gasteiger partial charge >= 0.3 is 12.1 Å². The number of carboxylic acid groups (broad SMARTS) is 1. The van der Waals surface area contributed by atoms with Crippen molar-refractivity contribution in [3.8, 4) is 0 Å². The summed E-state index contributed by atoms with van der Waals surface area (Å²) in [5, 5.41) is 17.4. The normalized spacial score (nSPS) is 14.5. The van der Waals surface area contributed by atoms with E-state index >= 15 is 0 Å². The van der Waals surface area contributed by atoms with E-state index in [0.717, 1.165) is 5.56 Å². The van der Waals surface area contributed by atoms with Crippen molar-refractivity contribution in [2.75, 3.05) is 0 Å². The van der Waals surface area contributed by atoms with Crippen molar-refractivity contribution in [2.45, 2.75) is 85.5 Å². The topological polar surface area (TPSA) is 134 Å². The van der Waals surface area contributed by atoms with Gasteiger partial charge < -0.3 is 25.8 Å². The zero-order chi connectivity index (χ0) is 26.5. The molecule has 9 nitrogen and oxygen atoms in total. The van der Waals surface area contributed by atoms with E-state index in [1.807, 2.05) is 65.0 Å². The van der Waals surface area contributed by atoms with Gasteiger partial charge in [0.25, 0.3) is 0 Å². The van der Waals surface area contributed by atoms with Gasteiger partial charge in [0.1, 0.15) is 24.7 Å². The Kier molecular flexibility index (Phi) is 12.8. The summed E-state index contributed by atoms with van der Waals surface area (Å²) in [6, 6.07) is 6.27. The molecule has 0 unspecified atom stereocenters. The second-order valence-corrected chi connectivity index (χ2v) is 9.79. The number of aliphatic carboxylic acids is 1. The minimum absolute atomic E-state index is 0.0604. The average Bonchev–Trinajstić information content (AvgIpc) is 2.79. The standard InChI is InChI=1S/C26H41N3O6/c1-7-18(6)22(25(32)33)29-24(31)20(13-16(2)3)27-23(30)21(14-17(4)5)28-26(34)35-15-19-11-9-8-10-12-19/h8-12,16-18,20-22H,7,13-15H2,1-6H3,(H,27,30)(H,28,34)(H,29,31)(H,32,33)/t18-,20-,21-,22-/m0/s1. The molecule has 1 aromatic carbocycles. The highest BCUT2D eigenvalue weighted by Gasteiger charge is 2.32. The maximum Gasteiger partial charge on any atom is 0.408 e. The van der Waals surface area contributed by atoms with E-state index in [-0.39, 0.29) is 24.4 Å². The Balaban J connectivity index is 2.90. The summed E-state index contributed by atoms with van der Waals surface area (Å²) in [6.45, 7) is 11.3. The summed E-state index contributed by atoms with van der Waals surface area (Å²) in [5.74, 6) is -2.34. The van der Waals surface area contributed by atoms with Crippen LogP contribution < -0.4 is 16.0 Å². The van der Waals surface area contributed by atoms with Crippen molar-refractivity contribution >= 4 is 23.9 Å². The quantitative estimate of drug-likeness (QED) is 0.315. The molecule has 3 amide bonds. The summed E-state index contributed by atoms with van der Waals surface area (Å²) in [4.78, 5) is 50.1. The molecule has 0 saturated heterocycles. The van der Waals surface area contributed by atoms with E-state index in [0.29, 0.717) is 19.3 Å². The van der Waals surface area contributed by atoms with Crippen LogP contribution in [0.5, 0.6) is 0 Å². The number of carbonyl (C=O) groups excluding carboxylic acids is 3. The van der Waals surface area contributed by atoms with Gasteiger partial charge in [-0.3, -0.25) is 9.59 Å². The highest BCUT2D eigenvalue weighted by atomic mass is 16.5. The number of ether oxygens (including phenoxy) is 1. The predicted octanol–water partition coefficient (Wildman–Crippen LogP) is 3.47. The molecule has 0 aliphatic rings. The highest BCUT2D eigenvalue weighted by Crippen LogP contribution is 2.12. The molecular formula is C26H41N3O6. The fourth-order valence-electron chi connectivity index (χ4n) is 3.52. The van der Waals surface area contributed by atoms with Crippen LogP contribution in [0.15, 0.2) is 30.3 Å². The number of nitrogens with one attached hydrogen (secondary N) is 3. The van der Waals surface area contributed by atoms with Crippen LogP contribution in [0.25, 0.3) is 0 Å². The van der Waals surface area contributed by atoms with Gasteiger partial charge in [0.05, 0.1) is 0 Å². The summed E-state index contributed by atoms with van der Waals surface area (Å²) in [6.07, 6.45) is 0.496. The molecule has 0 bridgehead atoms. The lowest BCUT2D eigenvalue weighted by atomic mass is 9.97. The molecule has 4 N–H and O–H groups in total. The number of carbonyl (C=O) groups is 4. The summed E-state index contributed by atoms with van der Waals surface area (Å²) >= 11 is 0. The number of benzene rings is 1. The number of rotatable bonds is 14. The van der Waals surface area contributed by atoms with Crippen LogP contribution in [-0.2, 0) is 25.7 Å². The van der Waals surface area contributed by atoms with Gasteiger partial charge in [-0.2, -0.15) is 0 Å². The fourth-order valence-corrected chi connectivity index (χ4v) is 3.52. The number of amides is 3. The van der Waals surface area contributed by atoms with Crippen LogP contribution >= 0.6 is 0 Å². The Bertz CT molecular complexity index is 828. The Hall–Kier alpha value is -3.10. The summed E-state index contributed by atoms with van der Waals surface area (Å²) in [5.41, 5.74) is 0.815. The van der Waals surface area contributed by atoms with Crippen molar-refractivity contribution in [1.29, 1.82) is 0 Å². The summed E-state index contributed by atoms with van der Waals surface area (Å²) in [7, 11) is 0. The highest BCUT2D eigenvalue weighted by molar-refractivity contribution is 5.92. The third kappa shape index (κ3) is 11.2. The number of hydrogen-bond acceptors (Lipinski definition) is 5. The predicted molar refractivity (Wildman–Crippen MR) is 133 cm³/mol. The first-order chi connectivity index (χ1) is 16.4. The van der Waals surface area contributed by atoms with Crippen molar-refractivity contribution in [3.05, 3.63) is 35.9 Å². The lowest BCUT2D eigenvalue weighted by Gasteiger charge is -2.27. The van der Waals surface area contributed by atoms with Crippen LogP contribution in [0.1, 0.15) is 66.4 Å². The molecule has 0 fully saturated rings. The first-order valence-electron chi connectivity index (χ1n) is 12.2. The lowest BCUT2D eigenvalue weighted by Crippen LogP contribution is -2.57. The molecule has 196 valence electrons. The zero-order valence-electron chi connectivity index (χ0n) is 21.7.